The summed E-state index contributed by atoms with van der Waals surface area (Å²) < 4.78 is 6.90. The number of ether oxygens (including phenoxy) is 1. The van der Waals surface area contributed by atoms with Gasteiger partial charge in [-0.3, -0.25) is 0 Å². The number of benzene rings is 2. The SMILES string of the molecule is [Li][c]1ccccc1OCc1ccccc1. The van der Waals surface area contributed by atoms with Crippen LogP contribution in [-0.4, -0.2) is 17.7 Å². The van der Waals surface area contributed by atoms with Crippen molar-refractivity contribution in [2.45, 2.75) is 6.61 Å². The van der Waals surface area contributed by atoms with E-state index < -0.39 is 0 Å². The van der Waals surface area contributed by atoms with Crippen molar-refractivity contribution in [2.75, 3.05) is 0 Å². The van der Waals surface area contributed by atoms with Crippen LogP contribution in [0.5, 0.6) is 5.75 Å². The van der Waals surface area contributed by atoms with Gasteiger partial charge in [0.2, 0.25) is 0 Å². The quantitative estimate of drug-likeness (QED) is 0.673. The fraction of sp³-hybridized carbons (Fsp3) is 0.0769. The summed E-state index contributed by atoms with van der Waals surface area (Å²) in [6.45, 7) is 0.631. The topological polar surface area (TPSA) is 9.23 Å². The maximum absolute atomic E-state index is 5.72. The molecule has 70 valence electrons. The number of para-hydroxylation sites is 1. The Labute approximate surface area is 99.3 Å². The average Bonchev–Trinajstić information content (AvgIpc) is 2.29. The molecule has 0 bridgehead atoms. The van der Waals surface area contributed by atoms with Gasteiger partial charge < -0.3 is 0 Å². The van der Waals surface area contributed by atoms with Crippen molar-refractivity contribution < 1.29 is 4.74 Å². The molecule has 0 saturated carbocycles. The Bertz CT molecular complexity index is 426. The van der Waals surface area contributed by atoms with Crippen molar-refractivity contribution in [2.24, 2.45) is 0 Å². The molecule has 2 aromatic rings. The Kier molecular flexibility index (Phi) is 3.50. The molecular formula is C13H11LiO. The van der Waals surface area contributed by atoms with Gasteiger partial charge in [0, 0.05) is 0 Å². The minimum atomic E-state index is 0.631. The van der Waals surface area contributed by atoms with E-state index >= 15 is 0 Å². The summed E-state index contributed by atoms with van der Waals surface area (Å²) in [5, 5.41) is 0. The van der Waals surface area contributed by atoms with E-state index in [1.807, 2.05) is 36.4 Å². The molecule has 0 unspecified atom stereocenters. The Balaban J connectivity index is 2.03. The third-order valence-corrected chi connectivity index (χ3v) is 2.33. The van der Waals surface area contributed by atoms with Gasteiger partial charge in [0.15, 0.2) is 0 Å². The van der Waals surface area contributed by atoms with Crippen molar-refractivity contribution >= 4 is 22.0 Å². The Morgan fingerprint density at radius 3 is 2.27 bits per heavy atom. The van der Waals surface area contributed by atoms with Crippen LogP contribution in [0.4, 0.5) is 0 Å². The average molecular weight is 190 g/mol. The first-order valence-corrected chi connectivity index (χ1v) is 5.08. The van der Waals surface area contributed by atoms with Crippen molar-refractivity contribution in [3.05, 3.63) is 60.2 Å². The van der Waals surface area contributed by atoms with E-state index in [9.17, 15) is 0 Å². The predicted octanol–water partition coefficient (Wildman–Crippen LogP) is 2.06. The van der Waals surface area contributed by atoms with Crippen LogP contribution in [0, 0.1) is 0 Å². The van der Waals surface area contributed by atoms with Crippen LogP contribution in [0.15, 0.2) is 54.6 Å². The Morgan fingerprint density at radius 1 is 0.867 bits per heavy atom. The van der Waals surface area contributed by atoms with E-state index in [-0.39, 0.29) is 0 Å². The van der Waals surface area contributed by atoms with Crippen LogP contribution < -0.4 is 8.97 Å². The van der Waals surface area contributed by atoms with Crippen molar-refractivity contribution in [1.29, 1.82) is 0 Å². The zero-order chi connectivity index (χ0) is 10.5. The summed E-state index contributed by atoms with van der Waals surface area (Å²) in [7, 11) is 0. The van der Waals surface area contributed by atoms with E-state index in [1.54, 1.807) is 0 Å². The molecule has 0 N–H and O–H groups in total. The molecule has 2 heteroatoms. The molecule has 0 aromatic heterocycles. The van der Waals surface area contributed by atoms with Gasteiger partial charge in [-0.25, -0.2) is 0 Å². The van der Waals surface area contributed by atoms with Crippen LogP contribution in [0.25, 0.3) is 0 Å². The van der Waals surface area contributed by atoms with Crippen molar-refractivity contribution in [3.8, 4) is 5.75 Å². The molecule has 0 amide bonds. The van der Waals surface area contributed by atoms with Gasteiger partial charge in [-0.1, -0.05) is 0 Å². The summed E-state index contributed by atoms with van der Waals surface area (Å²) in [5.74, 6) is 0.960. The van der Waals surface area contributed by atoms with Crippen molar-refractivity contribution in [1.82, 2.24) is 0 Å². The maximum atomic E-state index is 5.72. The molecule has 0 spiro atoms. The third kappa shape index (κ3) is 2.89. The summed E-state index contributed by atoms with van der Waals surface area (Å²) in [6.07, 6.45) is 0. The minimum absolute atomic E-state index is 0.631. The van der Waals surface area contributed by atoms with Crippen LogP contribution in [-0.2, 0) is 6.61 Å². The zero-order valence-electron chi connectivity index (χ0n) is 8.81. The van der Waals surface area contributed by atoms with E-state index in [2.05, 4.69) is 35.9 Å². The molecular weight excluding hydrogens is 179 g/mol. The molecule has 0 aliphatic carbocycles. The molecule has 0 aliphatic heterocycles. The van der Waals surface area contributed by atoms with E-state index in [0.29, 0.717) is 6.61 Å². The van der Waals surface area contributed by atoms with Crippen LogP contribution in [0.3, 0.4) is 0 Å². The normalized spacial score (nSPS) is 10.0. The Morgan fingerprint density at radius 2 is 1.53 bits per heavy atom. The molecule has 15 heavy (non-hydrogen) atoms. The third-order valence-electron chi connectivity index (χ3n) is 2.33. The van der Waals surface area contributed by atoms with Gasteiger partial charge in [-0.2, -0.15) is 0 Å². The monoisotopic (exact) mass is 190 g/mol. The predicted molar refractivity (Wildman–Crippen MR) is 62.6 cm³/mol. The van der Waals surface area contributed by atoms with Gasteiger partial charge in [0.25, 0.3) is 0 Å². The molecule has 0 radical (unpaired) electrons. The van der Waals surface area contributed by atoms with E-state index in [4.69, 9.17) is 4.74 Å². The molecule has 0 atom stereocenters. The first-order valence-electron chi connectivity index (χ1n) is 5.08. The van der Waals surface area contributed by atoms with Gasteiger partial charge >= 0.3 is 99.2 Å². The fourth-order valence-corrected chi connectivity index (χ4v) is 1.45. The molecule has 0 fully saturated rings. The Hall–Kier alpha value is -1.16. The van der Waals surface area contributed by atoms with E-state index in [1.165, 1.54) is 9.80 Å². The summed E-state index contributed by atoms with van der Waals surface area (Å²) in [6, 6.07) is 18.3. The van der Waals surface area contributed by atoms with Gasteiger partial charge in [-0.15, -0.1) is 0 Å². The zero-order valence-corrected chi connectivity index (χ0v) is 8.81. The molecule has 0 aliphatic rings. The summed E-state index contributed by atoms with van der Waals surface area (Å²) >= 11 is 2.06. The second-order valence-corrected chi connectivity index (χ2v) is 3.54. The number of hydrogen-bond acceptors (Lipinski definition) is 1. The van der Waals surface area contributed by atoms with Crippen LogP contribution in [0.1, 0.15) is 5.56 Å². The van der Waals surface area contributed by atoms with Gasteiger partial charge in [-0.05, 0) is 0 Å². The number of rotatable bonds is 3. The van der Waals surface area contributed by atoms with Gasteiger partial charge in [0.1, 0.15) is 0 Å². The summed E-state index contributed by atoms with van der Waals surface area (Å²) in [5.41, 5.74) is 1.20. The second kappa shape index (κ2) is 5.07. The van der Waals surface area contributed by atoms with Crippen LogP contribution in [0.2, 0.25) is 0 Å². The van der Waals surface area contributed by atoms with Crippen molar-refractivity contribution in [3.63, 3.8) is 0 Å². The molecule has 0 heterocycles. The molecule has 2 rings (SSSR count). The standard InChI is InChI=1S/C13H11O.Li/c1-3-7-12(8-4-1)11-14-13-9-5-2-6-10-13;/h1-9H,11H2;. The molecule has 0 saturated heterocycles. The first kappa shape index (κ1) is 10.4. The fourth-order valence-electron chi connectivity index (χ4n) is 1.45. The van der Waals surface area contributed by atoms with Crippen LogP contribution >= 0.6 is 0 Å². The van der Waals surface area contributed by atoms with Gasteiger partial charge in [0.05, 0.1) is 0 Å². The second-order valence-electron chi connectivity index (χ2n) is 3.54. The molecule has 2 aromatic carbocycles. The summed E-state index contributed by atoms with van der Waals surface area (Å²) in [4.78, 5) is 0. The molecule has 1 nitrogen and oxygen atoms in total. The number of hydrogen-bond donors (Lipinski definition) is 0. The first-order chi connectivity index (χ1) is 7.36. The van der Waals surface area contributed by atoms with E-state index in [0.717, 1.165) is 5.75 Å².